The van der Waals surface area contributed by atoms with Crippen LogP contribution < -0.4 is 4.74 Å². The second kappa shape index (κ2) is 4.30. The highest BCUT2D eigenvalue weighted by molar-refractivity contribution is 5.76. The summed E-state index contributed by atoms with van der Waals surface area (Å²) in [6.07, 6.45) is -0.190. The van der Waals surface area contributed by atoms with Crippen LogP contribution in [-0.2, 0) is 4.79 Å². The van der Waals surface area contributed by atoms with E-state index in [0.717, 1.165) is 6.08 Å². The van der Waals surface area contributed by atoms with E-state index in [4.69, 9.17) is 0 Å². The molecule has 0 atom stereocenters. The highest BCUT2D eigenvalue weighted by atomic mass is 19.1. The van der Waals surface area contributed by atoms with E-state index in [0.29, 0.717) is 5.56 Å². The average molecular weight is 195 g/mol. The Hall–Kier alpha value is -2.00. The summed E-state index contributed by atoms with van der Waals surface area (Å²) in [5.41, 5.74) is 0.338. The molecule has 0 heterocycles. The van der Waals surface area contributed by atoms with Crippen LogP contribution in [0.15, 0.2) is 23.2 Å². The Labute approximate surface area is 79.0 Å². The van der Waals surface area contributed by atoms with Crippen LogP contribution in [0.1, 0.15) is 5.56 Å². The number of halogens is 1. The number of carbonyl (C=O) groups is 1. The Morgan fingerprint density at radius 3 is 2.93 bits per heavy atom. The third-order valence-corrected chi connectivity index (χ3v) is 1.49. The number of benzene rings is 1. The number of carbonyl (C=O) groups excluding carboxylic acids is 2. The minimum atomic E-state index is -1.19. The molecule has 1 aromatic rings. The van der Waals surface area contributed by atoms with Gasteiger partial charge in [-0.2, -0.15) is 0 Å². The van der Waals surface area contributed by atoms with E-state index >= 15 is 0 Å². The van der Waals surface area contributed by atoms with Gasteiger partial charge in [-0.3, -0.25) is 0 Å². The summed E-state index contributed by atoms with van der Waals surface area (Å²) in [7, 11) is 0. The summed E-state index contributed by atoms with van der Waals surface area (Å²) in [6.45, 7) is 1.52. The van der Waals surface area contributed by atoms with Crippen molar-refractivity contribution in [2.45, 2.75) is 6.92 Å². The lowest BCUT2D eigenvalue weighted by atomic mass is 10.2. The van der Waals surface area contributed by atoms with Gasteiger partial charge in [-0.25, -0.2) is 14.0 Å². The van der Waals surface area contributed by atoms with Crippen LogP contribution in [0.5, 0.6) is 5.75 Å². The second-order valence-electron chi connectivity index (χ2n) is 2.46. The Balaban J connectivity index is 2.92. The molecular weight excluding hydrogens is 189 g/mol. The van der Waals surface area contributed by atoms with E-state index in [2.05, 4.69) is 9.73 Å². The monoisotopic (exact) mass is 195 g/mol. The zero-order valence-electron chi connectivity index (χ0n) is 7.28. The summed E-state index contributed by atoms with van der Waals surface area (Å²) in [4.78, 5) is 23.0. The number of hydrogen-bond acceptors (Lipinski definition) is 3. The maximum absolute atomic E-state index is 13.2. The Morgan fingerprint density at radius 1 is 1.57 bits per heavy atom. The lowest BCUT2D eigenvalue weighted by Gasteiger charge is -2.02. The normalized spacial score (nSPS) is 9.00. The maximum atomic E-state index is 13.2. The van der Waals surface area contributed by atoms with Gasteiger partial charge in [-0.1, -0.05) is 17.1 Å². The van der Waals surface area contributed by atoms with Gasteiger partial charge in [0, 0.05) is 0 Å². The van der Waals surface area contributed by atoms with Crippen LogP contribution in [0, 0.1) is 12.7 Å². The predicted molar refractivity (Wildman–Crippen MR) is 45.3 cm³/mol. The lowest BCUT2D eigenvalue weighted by Crippen LogP contribution is -2.03. The Kier molecular flexibility index (Phi) is 3.09. The number of hydrogen-bond donors (Lipinski definition) is 0. The van der Waals surface area contributed by atoms with Crippen molar-refractivity contribution in [2.75, 3.05) is 0 Å². The first kappa shape index (κ1) is 10.1. The molecule has 1 rings (SSSR count). The van der Waals surface area contributed by atoms with Crippen LogP contribution in [0.25, 0.3) is 0 Å². The Bertz CT molecular complexity index is 411. The molecule has 4 nitrogen and oxygen atoms in total. The maximum Gasteiger partial charge on any atom is 0.450 e. The van der Waals surface area contributed by atoms with Crippen LogP contribution in [0.3, 0.4) is 0 Å². The Morgan fingerprint density at radius 2 is 2.29 bits per heavy atom. The van der Waals surface area contributed by atoms with Crippen molar-refractivity contribution in [1.82, 2.24) is 0 Å². The number of amides is 1. The predicted octanol–water partition coefficient (Wildman–Crippen LogP) is 1.97. The van der Waals surface area contributed by atoms with Gasteiger partial charge in [0.1, 0.15) is 0 Å². The fraction of sp³-hybridized carbons (Fsp3) is 0.111. The van der Waals surface area contributed by atoms with E-state index < -0.39 is 11.9 Å². The number of rotatable bonds is 1. The van der Waals surface area contributed by atoms with Gasteiger partial charge in [0.05, 0.1) is 0 Å². The quantitative estimate of drug-likeness (QED) is 0.508. The van der Waals surface area contributed by atoms with E-state index in [1.54, 1.807) is 0 Å². The minimum Gasteiger partial charge on any atom is -0.405 e. The molecule has 0 aliphatic heterocycles. The highest BCUT2D eigenvalue weighted by Crippen LogP contribution is 2.19. The lowest BCUT2D eigenvalue weighted by molar-refractivity contribution is 0.209. The molecule has 72 valence electrons. The summed E-state index contributed by atoms with van der Waals surface area (Å²) < 4.78 is 17.6. The molecule has 0 saturated heterocycles. The summed E-state index contributed by atoms with van der Waals surface area (Å²) >= 11 is 0. The fourth-order valence-corrected chi connectivity index (χ4v) is 0.853. The standard InChI is InChI=1S/C9H6FNO3/c1-6-3-2-4-7(8(6)10)14-9(13)11-5-12/h2-4H,1H3. The molecular formula is C9H6FNO3. The zero-order chi connectivity index (χ0) is 10.6. The van der Waals surface area contributed by atoms with Crippen molar-refractivity contribution < 1.29 is 18.7 Å². The smallest absolute Gasteiger partial charge is 0.405 e. The van der Waals surface area contributed by atoms with Crippen LogP contribution in [0.4, 0.5) is 9.18 Å². The highest BCUT2D eigenvalue weighted by Gasteiger charge is 2.09. The first-order chi connectivity index (χ1) is 6.65. The van der Waals surface area contributed by atoms with Gasteiger partial charge in [0.15, 0.2) is 11.6 Å². The van der Waals surface area contributed by atoms with Crippen molar-refractivity contribution in [1.29, 1.82) is 0 Å². The number of aryl methyl sites for hydroxylation is 1. The molecule has 0 N–H and O–H groups in total. The number of ether oxygens (including phenoxy) is 1. The molecule has 0 aliphatic carbocycles. The molecule has 0 saturated carbocycles. The first-order valence-electron chi connectivity index (χ1n) is 3.70. The van der Waals surface area contributed by atoms with Crippen molar-refractivity contribution in [3.63, 3.8) is 0 Å². The molecule has 1 amide bonds. The van der Waals surface area contributed by atoms with Gasteiger partial charge in [0.25, 0.3) is 0 Å². The van der Waals surface area contributed by atoms with Gasteiger partial charge >= 0.3 is 6.09 Å². The van der Waals surface area contributed by atoms with Crippen molar-refractivity contribution in [3.8, 4) is 5.75 Å². The molecule has 1 aromatic carbocycles. The third kappa shape index (κ3) is 2.24. The van der Waals surface area contributed by atoms with Gasteiger partial charge < -0.3 is 4.74 Å². The molecule has 0 radical (unpaired) electrons. The average Bonchev–Trinajstić information content (AvgIpc) is 2.13. The third-order valence-electron chi connectivity index (χ3n) is 1.49. The molecule has 0 aromatic heterocycles. The van der Waals surface area contributed by atoms with Crippen molar-refractivity contribution in [3.05, 3.63) is 29.6 Å². The van der Waals surface area contributed by atoms with Crippen LogP contribution in [0.2, 0.25) is 0 Å². The topological polar surface area (TPSA) is 55.7 Å². The van der Waals surface area contributed by atoms with Crippen LogP contribution >= 0.6 is 0 Å². The molecule has 0 fully saturated rings. The second-order valence-corrected chi connectivity index (χ2v) is 2.46. The zero-order valence-corrected chi connectivity index (χ0v) is 7.28. The minimum absolute atomic E-state index is 0.256. The van der Waals surface area contributed by atoms with Crippen molar-refractivity contribution >= 4 is 12.2 Å². The molecule has 14 heavy (non-hydrogen) atoms. The molecule has 5 heteroatoms. The van der Waals surface area contributed by atoms with Crippen molar-refractivity contribution in [2.24, 2.45) is 4.99 Å². The van der Waals surface area contributed by atoms with E-state index in [9.17, 15) is 14.0 Å². The number of nitrogens with zero attached hydrogens (tertiary/aromatic N) is 1. The van der Waals surface area contributed by atoms with E-state index in [1.165, 1.54) is 25.1 Å². The first-order valence-corrected chi connectivity index (χ1v) is 3.70. The number of aliphatic imine (C=N–C) groups is 1. The van der Waals surface area contributed by atoms with Crippen LogP contribution in [-0.4, -0.2) is 12.2 Å². The van der Waals surface area contributed by atoms with Gasteiger partial charge in [-0.15, -0.1) is 0 Å². The molecule has 0 bridgehead atoms. The number of isocyanates is 1. The summed E-state index contributed by atoms with van der Waals surface area (Å²) in [5, 5.41) is 0. The molecule has 0 aliphatic rings. The summed E-state index contributed by atoms with van der Waals surface area (Å²) in [5.74, 6) is -0.907. The largest absolute Gasteiger partial charge is 0.450 e. The SMILES string of the molecule is Cc1cccc(OC(=O)N=C=O)c1F. The van der Waals surface area contributed by atoms with E-state index in [1.807, 2.05) is 0 Å². The fourth-order valence-electron chi connectivity index (χ4n) is 0.853. The van der Waals surface area contributed by atoms with Gasteiger partial charge in [0.2, 0.25) is 6.08 Å². The van der Waals surface area contributed by atoms with E-state index in [-0.39, 0.29) is 5.75 Å². The summed E-state index contributed by atoms with van der Waals surface area (Å²) in [6, 6.07) is 4.31. The molecule has 0 spiro atoms. The van der Waals surface area contributed by atoms with Gasteiger partial charge in [-0.05, 0) is 18.6 Å². The molecule has 0 unspecified atom stereocenters.